The van der Waals surface area contributed by atoms with Crippen LogP contribution < -0.4 is 5.09 Å². The maximum atomic E-state index is 12.2. The van der Waals surface area contributed by atoms with E-state index >= 15 is 0 Å². The van der Waals surface area contributed by atoms with Gasteiger partial charge in [-0.3, -0.25) is 4.57 Å². The highest BCUT2D eigenvalue weighted by Crippen LogP contribution is 2.39. The lowest BCUT2D eigenvalue weighted by Crippen LogP contribution is -2.40. The summed E-state index contributed by atoms with van der Waals surface area (Å²) in [6, 6.07) is -1.08. The maximum Gasteiger partial charge on any atom is 0.335 e. The van der Waals surface area contributed by atoms with Crippen LogP contribution in [0.4, 0.5) is 0 Å². The van der Waals surface area contributed by atoms with E-state index in [1.54, 1.807) is 11.8 Å². The first kappa shape index (κ1) is 19.5. The molecule has 0 amide bonds. The molecule has 0 aliphatic carbocycles. The van der Waals surface area contributed by atoms with E-state index in [1.165, 1.54) is 13.8 Å². The normalized spacial score (nSPS) is 24.9. The van der Waals surface area contributed by atoms with E-state index < -0.39 is 19.5 Å². The number of hydrogen-bond acceptors (Lipinski definition) is 6. The number of methoxy groups -OCH3 is 1. The van der Waals surface area contributed by atoms with Gasteiger partial charge in [0.2, 0.25) is 0 Å². The lowest BCUT2D eigenvalue weighted by atomic mass is 9.94. The van der Waals surface area contributed by atoms with Gasteiger partial charge in [-0.25, -0.2) is 9.88 Å². The number of nitrogens with one attached hydrogen (secondary N) is 1. The SMILES string of the molecule is C#CC(NP(C)(=O)OCCSC1OCC1C(C)C)C(=O)OC. The molecule has 4 atom stereocenters. The second-order valence-electron chi connectivity index (χ2n) is 5.41. The molecule has 126 valence electrons. The molecule has 1 fully saturated rings. The number of terminal acetylenes is 1. The van der Waals surface area contributed by atoms with E-state index in [9.17, 15) is 9.36 Å². The number of esters is 1. The quantitative estimate of drug-likeness (QED) is 0.295. The predicted octanol–water partition coefficient (Wildman–Crippen LogP) is 1.95. The monoisotopic (exact) mass is 349 g/mol. The highest BCUT2D eigenvalue weighted by molar-refractivity contribution is 7.99. The first-order valence-corrected chi connectivity index (χ1v) is 10.2. The van der Waals surface area contributed by atoms with Gasteiger partial charge in [0.05, 0.1) is 20.3 Å². The van der Waals surface area contributed by atoms with Crippen LogP contribution in [0.3, 0.4) is 0 Å². The van der Waals surface area contributed by atoms with Gasteiger partial charge in [0.15, 0.2) is 6.04 Å². The fourth-order valence-corrected chi connectivity index (χ4v) is 4.40. The summed E-state index contributed by atoms with van der Waals surface area (Å²) in [6.45, 7) is 6.83. The van der Waals surface area contributed by atoms with Gasteiger partial charge in [0.25, 0.3) is 7.52 Å². The molecule has 22 heavy (non-hydrogen) atoms. The third kappa shape index (κ3) is 5.94. The minimum Gasteiger partial charge on any atom is -0.467 e. The van der Waals surface area contributed by atoms with Gasteiger partial charge in [0.1, 0.15) is 5.44 Å². The Bertz CT molecular complexity index is 465. The van der Waals surface area contributed by atoms with Crippen molar-refractivity contribution in [3.8, 4) is 12.3 Å². The van der Waals surface area contributed by atoms with Crippen molar-refractivity contribution in [3.63, 3.8) is 0 Å². The molecule has 1 aliphatic rings. The molecule has 4 unspecified atom stereocenters. The zero-order valence-corrected chi connectivity index (χ0v) is 15.1. The second-order valence-corrected chi connectivity index (χ2v) is 8.83. The number of carbonyl (C=O) groups is 1. The molecule has 0 radical (unpaired) electrons. The standard InChI is InChI=1S/C14H24NO5PS/c1-6-12(13(16)18-4)15-21(5,17)20-7-8-22-14-11(9-19-14)10(2)3/h1,10-12,14H,7-9H2,2-5H3,(H,15,17). The fraction of sp³-hybridized carbons (Fsp3) is 0.786. The Labute approximate surface area is 136 Å². The number of hydrogen-bond donors (Lipinski definition) is 1. The van der Waals surface area contributed by atoms with E-state index in [0.29, 0.717) is 17.6 Å². The van der Waals surface area contributed by atoms with Crippen LogP contribution in [0.5, 0.6) is 0 Å². The van der Waals surface area contributed by atoms with Gasteiger partial charge >= 0.3 is 5.97 Å². The summed E-state index contributed by atoms with van der Waals surface area (Å²) >= 11 is 1.65. The van der Waals surface area contributed by atoms with Crippen LogP contribution in [-0.4, -0.2) is 50.2 Å². The topological polar surface area (TPSA) is 73.9 Å². The molecular weight excluding hydrogens is 325 g/mol. The van der Waals surface area contributed by atoms with E-state index in [4.69, 9.17) is 15.7 Å². The first-order valence-electron chi connectivity index (χ1n) is 7.07. The van der Waals surface area contributed by atoms with Gasteiger partial charge < -0.3 is 14.0 Å². The molecule has 6 nitrogen and oxygen atoms in total. The minimum atomic E-state index is -3.16. The first-order chi connectivity index (χ1) is 10.3. The molecule has 0 spiro atoms. The van der Waals surface area contributed by atoms with Crippen molar-refractivity contribution in [2.75, 3.05) is 32.7 Å². The summed E-state index contributed by atoms with van der Waals surface area (Å²) in [4.78, 5) is 11.4. The summed E-state index contributed by atoms with van der Waals surface area (Å²) in [5, 5.41) is 2.52. The molecule has 0 saturated carbocycles. The largest absolute Gasteiger partial charge is 0.467 e. The smallest absolute Gasteiger partial charge is 0.335 e. The molecule has 0 aromatic rings. The molecule has 0 aromatic carbocycles. The molecule has 0 aromatic heterocycles. The maximum absolute atomic E-state index is 12.2. The van der Waals surface area contributed by atoms with Crippen molar-refractivity contribution in [2.45, 2.75) is 25.3 Å². The van der Waals surface area contributed by atoms with Crippen molar-refractivity contribution >= 4 is 25.3 Å². The summed E-state index contributed by atoms with van der Waals surface area (Å²) in [5.74, 6) is 3.33. The van der Waals surface area contributed by atoms with Crippen LogP contribution in [0.2, 0.25) is 0 Å². The summed E-state index contributed by atoms with van der Waals surface area (Å²) in [6.07, 6.45) is 5.21. The lowest BCUT2D eigenvalue weighted by molar-refractivity contribution is -0.141. The lowest BCUT2D eigenvalue weighted by Gasteiger charge is -2.39. The Hall–Kier alpha value is -0.510. The highest BCUT2D eigenvalue weighted by atomic mass is 32.2. The molecule has 1 saturated heterocycles. The third-order valence-corrected chi connectivity index (χ3v) is 5.95. The molecule has 1 N–H and O–H groups in total. The van der Waals surface area contributed by atoms with E-state index in [1.807, 2.05) is 0 Å². The van der Waals surface area contributed by atoms with Crippen molar-refractivity contribution < 1.29 is 23.4 Å². The van der Waals surface area contributed by atoms with Crippen LogP contribution in [0, 0.1) is 24.2 Å². The minimum absolute atomic E-state index is 0.182. The van der Waals surface area contributed by atoms with Gasteiger partial charge in [-0.05, 0) is 5.92 Å². The summed E-state index contributed by atoms with van der Waals surface area (Å²) < 4.78 is 27.6. The van der Waals surface area contributed by atoms with Crippen LogP contribution in [0.15, 0.2) is 0 Å². The molecule has 0 bridgehead atoms. The van der Waals surface area contributed by atoms with E-state index in [2.05, 4.69) is 29.6 Å². The fourth-order valence-electron chi connectivity index (χ4n) is 1.89. The van der Waals surface area contributed by atoms with Gasteiger partial charge in [-0.2, -0.15) is 0 Å². The van der Waals surface area contributed by atoms with Gasteiger partial charge in [0, 0.05) is 18.3 Å². The molecule has 8 heteroatoms. The van der Waals surface area contributed by atoms with E-state index in [-0.39, 0.29) is 12.0 Å². The second kappa shape index (κ2) is 8.95. The van der Waals surface area contributed by atoms with Crippen LogP contribution in [-0.2, 0) is 23.4 Å². The Balaban J connectivity index is 2.29. The number of rotatable bonds is 9. The summed E-state index contributed by atoms with van der Waals surface area (Å²) in [7, 11) is -1.95. The van der Waals surface area contributed by atoms with Gasteiger partial charge in [-0.15, -0.1) is 18.2 Å². The Morgan fingerprint density at radius 1 is 1.59 bits per heavy atom. The molecule has 1 heterocycles. The molecular formula is C14H24NO5PS. The van der Waals surface area contributed by atoms with Crippen LogP contribution >= 0.6 is 19.3 Å². The molecule has 1 rings (SSSR count). The Kier molecular flexibility index (Phi) is 7.95. The van der Waals surface area contributed by atoms with Crippen molar-refractivity contribution in [1.29, 1.82) is 0 Å². The van der Waals surface area contributed by atoms with Crippen molar-refractivity contribution in [1.82, 2.24) is 5.09 Å². The summed E-state index contributed by atoms with van der Waals surface area (Å²) in [5.41, 5.74) is 0.182. The van der Waals surface area contributed by atoms with Crippen molar-refractivity contribution in [3.05, 3.63) is 0 Å². The zero-order chi connectivity index (χ0) is 16.8. The third-order valence-electron chi connectivity index (χ3n) is 3.33. The average Bonchev–Trinajstić information content (AvgIpc) is 2.41. The number of ether oxygens (including phenoxy) is 2. The Morgan fingerprint density at radius 2 is 2.27 bits per heavy atom. The highest BCUT2D eigenvalue weighted by Gasteiger charge is 2.34. The van der Waals surface area contributed by atoms with Crippen LogP contribution in [0.1, 0.15) is 13.8 Å². The van der Waals surface area contributed by atoms with Crippen molar-refractivity contribution in [2.24, 2.45) is 11.8 Å². The predicted molar refractivity (Wildman–Crippen MR) is 87.8 cm³/mol. The molecule has 1 aliphatic heterocycles. The number of thioether (sulfide) groups is 1. The van der Waals surface area contributed by atoms with Crippen LogP contribution in [0.25, 0.3) is 0 Å². The number of carbonyl (C=O) groups excluding carboxylic acids is 1. The van der Waals surface area contributed by atoms with Gasteiger partial charge in [-0.1, -0.05) is 19.8 Å². The zero-order valence-electron chi connectivity index (χ0n) is 13.4. The Morgan fingerprint density at radius 3 is 2.73 bits per heavy atom. The van der Waals surface area contributed by atoms with E-state index in [0.717, 1.165) is 6.61 Å². The average molecular weight is 349 g/mol.